The van der Waals surface area contributed by atoms with E-state index < -0.39 is 0 Å². The molecule has 0 saturated heterocycles. The molecule has 0 aromatic carbocycles. The molecule has 0 bridgehead atoms. The van der Waals surface area contributed by atoms with Gasteiger partial charge in [0.2, 0.25) is 5.91 Å². The summed E-state index contributed by atoms with van der Waals surface area (Å²) < 4.78 is 1.85. The minimum absolute atomic E-state index is 0.00806. The monoisotopic (exact) mass is 331 g/mol. The minimum atomic E-state index is 0.00806. The lowest BCUT2D eigenvalue weighted by molar-refractivity contribution is -0.126. The summed E-state index contributed by atoms with van der Waals surface area (Å²) in [5, 5.41) is 8.41. The molecule has 1 unspecified atom stereocenters. The first-order chi connectivity index (χ1) is 11.3. The van der Waals surface area contributed by atoms with Crippen molar-refractivity contribution in [2.75, 3.05) is 6.54 Å². The highest BCUT2D eigenvalue weighted by Gasteiger charge is 2.25. The largest absolute Gasteiger partial charge is 0.355 e. The maximum absolute atomic E-state index is 12.3. The van der Waals surface area contributed by atoms with Gasteiger partial charge in [-0.25, -0.2) is 14.6 Å². The van der Waals surface area contributed by atoms with Crippen LogP contribution in [0.1, 0.15) is 40.7 Å². The number of thiazole rings is 1. The molecule has 2 aromatic rings. The van der Waals surface area contributed by atoms with Crippen molar-refractivity contribution in [3.63, 3.8) is 0 Å². The van der Waals surface area contributed by atoms with Crippen molar-refractivity contribution in [1.29, 1.82) is 0 Å². The molecule has 4 rings (SSSR count). The van der Waals surface area contributed by atoms with Gasteiger partial charge in [0.05, 0.1) is 23.2 Å². The summed E-state index contributed by atoms with van der Waals surface area (Å²) in [7, 11) is 0. The van der Waals surface area contributed by atoms with Crippen LogP contribution in [0.2, 0.25) is 0 Å². The van der Waals surface area contributed by atoms with Crippen molar-refractivity contribution in [3.8, 4) is 0 Å². The summed E-state index contributed by atoms with van der Waals surface area (Å²) in [6.45, 7) is 1.32. The van der Waals surface area contributed by atoms with Gasteiger partial charge >= 0.3 is 0 Å². The predicted octanol–water partition coefficient (Wildman–Crippen LogP) is 1.53. The fourth-order valence-electron chi connectivity index (χ4n) is 3.40. The molecule has 0 saturated carbocycles. The smallest absolute Gasteiger partial charge is 0.225 e. The molecular formula is C16H21N5OS. The van der Waals surface area contributed by atoms with Crippen molar-refractivity contribution in [3.05, 3.63) is 27.7 Å². The molecule has 2 aromatic heterocycles. The van der Waals surface area contributed by atoms with Gasteiger partial charge in [0, 0.05) is 24.3 Å². The van der Waals surface area contributed by atoms with Crippen molar-refractivity contribution >= 4 is 17.2 Å². The molecule has 122 valence electrons. The van der Waals surface area contributed by atoms with E-state index in [2.05, 4.69) is 15.4 Å². The normalized spacial score (nSPS) is 19.9. The fourth-order valence-corrected chi connectivity index (χ4v) is 4.56. The van der Waals surface area contributed by atoms with Crippen molar-refractivity contribution in [1.82, 2.24) is 25.1 Å². The van der Waals surface area contributed by atoms with Gasteiger partial charge in [0.15, 0.2) is 0 Å². The van der Waals surface area contributed by atoms with E-state index in [1.54, 1.807) is 6.33 Å². The Kier molecular flexibility index (Phi) is 4.11. The Balaban J connectivity index is 1.28. The molecule has 23 heavy (non-hydrogen) atoms. The topological polar surface area (TPSA) is 72.7 Å². The van der Waals surface area contributed by atoms with Crippen LogP contribution in [0.4, 0.5) is 0 Å². The molecule has 1 N–H and O–H groups in total. The fraction of sp³-hybridized carbons (Fsp3) is 0.625. The number of amides is 1. The first kappa shape index (κ1) is 14.8. The highest BCUT2D eigenvalue weighted by Crippen LogP contribution is 2.26. The molecule has 0 fully saturated rings. The van der Waals surface area contributed by atoms with Crippen LogP contribution in [-0.4, -0.2) is 32.2 Å². The van der Waals surface area contributed by atoms with Crippen LogP contribution in [0.25, 0.3) is 0 Å². The summed E-state index contributed by atoms with van der Waals surface area (Å²) in [6, 6.07) is 0. The van der Waals surface area contributed by atoms with E-state index in [0.717, 1.165) is 31.5 Å². The Morgan fingerprint density at radius 2 is 2.26 bits per heavy atom. The van der Waals surface area contributed by atoms with E-state index in [1.807, 2.05) is 16.0 Å². The summed E-state index contributed by atoms with van der Waals surface area (Å²) in [5.41, 5.74) is 1.30. The van der Waals surface area contributed by atoms with E-state index in [4.69, 9.17) is 4.98 Å². The van der Waals surface area contributed by atoms with Crippen LogP contribution in [0.15, 0.2) is 6.33 Å². The number of aromatic nitrogens is 4. The first-order valence-corrected chi connectivity index (χ1v) is 9.23. The minimum Gasteiger partial charge on any atom is -0.355 e. The number of nitrogens with one attached hydrogen (secondary N) is 1. The number of hydrogen-bond acceptors (Lipinski definition) is 5. The Morgan fingerprint density at radius 3 is 3.17 bits per heavy atom. The van der Waals surface area contributed by atoms with Crippen LogP contribution < -0.4 is 5.32 Å². The third-order valence-corrected chi connectivity index (χ3v) is 5.92. The number of hydrogen-bond donors (Lipinski definition) is 1. The van der Waals surface area contributed by atoms with Gasteiger partial charge in [-0.15, -0.1) is 11.3 Å². The highest BCUT2D eigenvalue weighted by molar-refractivity contribution is 7.11. The summed E-state index contributed by atoms with van der Waals surface area (Å²) in [5.74, 6) is 1.13. The second-order valence-electron chi connectivity index (χ2n) is 6.32. The Bertz CT molecular complexity index is 684. The van der Waals surface area contributed by atoms with Crippen LogP contribution in [0, 0.1) is 5.92 Å². The quantitative estimate of drug-likeness (QED) is 0.922. The molecule has 1 aliphatic carbocycles. The van der Waals surface area contributed by atoms with Gasteiger partial charge < -0.3 is 5.32 Å². The van der Waals surface area contributed by atoms with Crippen LogP contribution in [0.3, 0.4) is 0 Å². The number of rotatable bonds is 4. The van der Waals surface area contributed by atoms with Gasteiger partial charge in [-0.2, -0.15) is 5.10 Å². The zero-order chi connectivity index (χ0) is 15.6. The molecule has 1 atom stereocenters. The average molecular weight is 331 g/mol. The Labute approximate surface area is 139 Å². The van der Waals surface area contributed by atoms with E-state index in [9.17, 15) is 4.79 Å². The van der Waals surface area contributed by atoms with E-state index >= 15 is 0 Å². The zero-order valence-electron chi connectivity index (χ0n) is 13.1. The molecule has 7 heteroatoms. The first-order valence-electron chi connectivity index (χ1n) is 8.41. The average Bonchev–Trinajstić information content (AvgIpc) is 3.19. The summed E-state index contributed by atoms with van der Waals surface area (Å²) in [4.78, 5) is 22.7. The molecule has 2 aliphatic rings. The van der Waals surface area contributed by atoms with E-state index in [-0.39, 0.29) is 11.8 Å². The number of carbonyl (C=O) groups excluding carboxylic acids is 1. The number of fused-ring (bicyclic) bond motifs is 2. The number of carbonyl (C=O) groups is 1. The molecule has 1 amide bonds. The van der Waals surface area contributed by atoms with Gasteiger partial charge in [-0.05, 0) is 32.1 Å². The van der Waals surface area contributed by atoms with Crippen molar-refractivity contribution in [2.45, 2.75) is 51.5 Å². The molecule has 0 radical (unpaired) electrons. The molecule has 6 nitrogen and oxygen atoms in total. The predicted molar refractivity (Wildman–Crippen MR) is 87.3 cm³/mol. The van der Waals surface area contributed by atoms with E-state index in [0.29, 0.717) is 13.1 Å². The summed E-state index contributed by atoms with van der Waals surface area (Å²) >= 11 is 1.83. The number of aryl methyl sites for hydroxylation is 3. The maximum Gasteiger partial charge on any atom is 0.225 e. The van der Waals surface area contributed by atoms with Crippen molar-refractivity contribution < 1.29 is 4.79 Å². The van der Waals surface area contributed by atoms with Gasteiger partial charge in [-0.3, -0.25) is 4.79 Å². The van der Waals surface area contributed by atoms with Gasteiger partial charge in [0.1, 0.15) is 12.2 Å². The molecule has 3 heterocycles. The molecule has 0 spiro atoms. The third-order valence-electron chi connectivity index (χ3n) is 4.70. The Hall–Kier alpha value is -1.76. The summed E-state index contributed by atoms with van der Waals surface area (Å²) in [6.07, 6.45) is 8.95. The van der Waals surface area contributed by atoms with E-state index in [1.165, 1.54) is 34.8 Å². The molecular weight excluding hydrogens is 310 g/mol. The van der Waals surface area contributed by atoms with Gasteiger partial charge in [0.25, 0.3) is 0 Å². The standard InChI is InChI=1S/C16H21N5OS/c22-16(11-5-6-14-18-10-19-21(14)9-11)17-8-7-15-20-12-3-1-2-4-13(12)23-15/h10-11H,1-9H2,(H,17,22). The second kappa shape index (κ2) is 6.39. The lowest BCUT2D eigenvalue weighted by Crippen LogP contribution is -2.37. The highest BCUT2D eigenvalue weighted by atomic mass is 32.1. The number of nitrogens with zero attached hydrogens (tertiary/aromatic N) is 4. The molecule has 1 aliphatic heterocycles. The third kappa shape index (κ3) is 3.15. The zero-order valence-corrected chi connectivity index (χ0v) is 13.9. The lowest BCUT2D eigenvalue weighted by Gasteiger charge is -2.21. The van der Waals surface area contributed by atoms with Crippen LogP contribution in [-0.2, 0) is 37.0 Å². The SMILES string of the molecule is O=C(NCCc1nc2c(s1)CCCC2)C1CCc2ncnn2C1. The Morgan fingerprint density at radius 1 is 1.35 bits per heavy atom. The van der Waals surface area contributed by atoms with Crippen LogP contribution in [0.5, 0.6) is 0 Å². The van der Waals surface area contributed by atoms with Crippen molar-refractivity contribution in [2.24, 2.45) is 5.92 Å². The van der Waals surface area contributed by atoms with Crippen LogP contribution >= 0.6 is 11.3 Å². The maximum atomic E-state index is 12.3. The van der Waals surface area contributed by atoms with Gasteiger partial charge in [-0.1, -0.05) is 0 Å². The second-order valence-corrected chi connectivity index (χ2v) is 7.49. The lowest BCUT2D eigenvalue weighted by atomic mass is 9.99.